The highest BCUT2D eigenvalue weighted by atomic mass is 35.5. The monoisotopic (exact) mass is 333 g/mol. The largest absolute Gasteiger partial charge is 0.397 e. The van der Waals surface area contributed by atoms with Crippen LogP contribution >= 0.6 is 11.6 Å². The second kappa shape index (κ2) is 7.45. The fourth-order valence-corrected chi connectivity index (χ4v) is 3.42. The van der Waals surface area contributed by atoms with Crippen LogP contribution in [0.15, 0.2) is 17.0 Å². The first-order valence-corrected chi connectivity index (χ1v) is 8.80. The van der Waals surface area contributed by atoms with Gasteiger partial charge in [-0.25, -0.2) is 13.1 Å². The third kappa shape index (κ3) is 4.85. The maximum Gasteiger partial charge on any atom is 0.240 e. The molecule has 0 aliphatic heterocycles. The molecule has 1 rings (SSSR count). The Balaban J connectivity index is 2.77. The number of benzene rings is 1. The summed E-state index contributed by atoms with van der Waals surface area (Å²) in [5.41, 5.74) is 6.53. The number of sulfonamides is 1. The molecule has 0 bridgehead atoms. The van der Waals surface area contributed by atoms with Gasteiger partial charge in [-0.2, -0.15) is 0 Å². The molecule has 1 aromatic carbocycles. The molecule has 0 amide bonds. The fourth-order valence-electron chi connectivity index (χ4n) is 1.92. The number of halogens is 1. The Morgan fingerprint density at radius 1 is 1.43 bits per heavy atom. The zero-order chi connectivity index (χ0) is 16.2. The van der Waals surface area contributed by atoms with Crippen LogP contribution < -0.4 is 10.5 Å². The van der Waals surface area contributed by atoms with Crippen LogP contribution in [0.25, 0.3) is 0 Å². The van der Waals surface area contributed by atoms with E-state index in [4.69, 9.17) is 17.3 Å². The molecule has 0 radical (unpaired) electrons. The Kier molecular flexibility index (Phi) is 6.46. The zero-order valence-corrected chi connectivity index (χ0v) is 14.6. The minimum atomic E-state index is -3.57. The Labute approximate surface area is 132 Å². The lowest BCUT2D eigenvalue weighted by atomic mass is 10.2. The highest BCUT2D eigenvalue weighted by Gasteiger charge is 2.18. The lowest BCUT2D eigenvalue weighted by molar-refractivity contribution is 0.256. The van der Waals surface area contributed by atoms with E-state index in [0.29, 0.717) is 29.7 Å². The number of likely N-dealkylation sites (N-methyl/N-ethyl adjacent to an activating group) is 1. The van der Waals surface area contributed by atoms with Crippen molar-refractivity contribution in [2.45, 2.75) is 38.1 Å². The molecule has 1 atom stereocenters. The van der Waals surface area contributed by atoms with Gasteiger partial charge in [-0.3, -0.25) is 0 Å². The van der Waals surface area contributed by atoms with E-state index in [-0.39, 0.29) is 10.6 Å². The maximum atomic E-state index is 12.3. The number of hydrogen-bond donors (Lipinski definition) is 2. The van der Waals surface area contributed by atoms with E-state index in [2.05, 4.69) is 23.5 Å². The smallest absolute Gasteiger partial charge is 0.240 e. The van der Waals surface area contributed by atoms with E-state index in [9.17, 15) is 8.42 Å². The summed E-state index contributed by atoms with van der Waals surface area (Å²) in [6.07, 6.45) is 1.02. The third-order valence-corrected chi connectivity index (χ3v) is 5.61. The third-order valence-electron chi connectivity index (χ3n) is 3.68. The van der Waals surface area contributed by atoms with Crippen LogP contribution in [0.4, 0.5) is 5.69 Å². The number of aryl methyl sites for hydroxylation is 1. The molecule has 1 unspecified atom stereocenters. The molecule has 7 heteroatoms. The second-order valence-electron chi connectivity index (χ2n) is 5.27. The van der Waals surface area contributed by atoms with Crippen LogP contribution in [-0.2, 0) is 10.0 Å². The number of rotatable bonds is 7. The van der Waals surface area contributed by atoms with Crippen molar-refractivity contribution in [2.75, 3.05) is 25.9 Å². The van der Waals surface area contributed by atoms with Crippen molar-refractivity contribution < 1.29 is 8.42 Å². The number of nitrogens with zero attached hydrogens (tertiary/aromatic N) is 1. The summed E-state index contributed by atoms with van der Waals surface area (Å²) >= 11 is 5.89. The minimum Gasteiger partial charge on any atom is -0.397 e. The zero-order valence-electron chi connectivity index (χ0n) is 13.0. The van der Waals surface area contributed by atoms with Crippen molar-refractivity contribution in [3.8, 4) is 0 Å². The van der Waals surface area contributed by atoms with Crippen molar-refractivity contribution in [3.63, 3.8) is 0 Å². The predicted molar refractivity (Wildman–Crippen MR) is 88.2 cm³/mol. The molecule has 0 saturated carbocycles. The minimum absolute atomic E-state index is 0.176. The molecule has 0 aliphatic rings. The molecule has 0 spiro atoms. The fraction of sp³-hybridized carbons (Fsp3) is 0.571. The standard InChI is InChI=1S/C14H24ClN3O2S/c1-5-11(3)18(4)7-6-17-21(19,20)14-9-13(16)12(15)8-10(14)2/h8-9,11,17H,5-7,16H2,1-4H3. The first kappa shape index (κ1) is 18.2. The second-order valence-corrected chi connectivity index (χ2v) is 7.42. The van der Waals surface area contributed by atoms with Gasteiger partial charge in [0, 0.05) is 19.1 Å². The van der Waals surface area contributed by atoms with Crippen molar-refractivity contribution in [1.29, 1.82) is 0 Å². The van der Waals surface area contributed by atoms with Gasteiger partial charge in [0.2, 0.25) is 10.0 Å². The van der Waals surface area contributed by atoms with Crippen molar-refractivity contribution in [3.05, 3.63) is 22.7 Å². The van der Waals surface area contributed by atoms with Crippen LogP contribution in [0.2, 0.25) is 5.02 Å². The summed E-state index contributed by atoms with van der Waals surface area (Å²) in [5, 5.41) is 0.364. The highest BCUT2D eigenvalue weighted by molar-refractivity contribution is 7.89. The first-order valence-electron chi connectivity index (χ1n) is 6.94. The van der Waals surface area contributed by atoms with Crippen LogP contribution in [0.1, 0.15) is 25.8 Å². The summed E-state index contributed by atoms with van der Waals surface area (Å²) < 4.78 is 27.2. The number of anilines is 1. The van der Waals surface area contributed by atoms with Crippen LogP contribution in [0.3, 0.4) is 0 Å². The molecule has 0 aliphatic carbocycles. The van der Waals surface area contributed by atoms with E-state index in [1.54, 1.807) is 13.0 Å². The van der Waals surface area contributed by atoms with E-state index < -0.39 is 10.0 Å². The summed E-state index contributed by atoms with van der Waals surface area (Å²) in [5.74, 6) is 0. The molecule has 0 aromatic heterocycles. The number of hydrogen-bond acceptors (Lipinski definition) is 4. The normalized spacial score (nSPS) is 13.6. The Bertz CT molecular complexity index is 590. The van der Waals surface area contributed by atoms with Gasteiger partial charge >= 0.3 is 0 Å². The van der Waals surface area contributed by atoms with E-state index in [0.717, 1.165) is 6.42 Å². The van der Waals surface area contributed by atoms with Gasteiger partial charge < -0.3 is 10.6 Å². The van der Waals surface area contributed by atoms with Crippen molar-refractivity contribution in [1.82, 2.24) is 9.62 Å². The van der Waals surface area contributed by atoms with Gasteiger partial charge in [0.1, 0.15) is 0 Å². The molecule has 0 heterocycles. The topological polar surface area (TPSA) is 75.4 Å². The van der Waals surface area contributed by atoms with E-state index in [1.165, 1.54) is 6.07 Å². The van der Waals surface area contributed by atoms with Gasteiger partial charge in [-0.05, 0) is 45.0 Å². The number of nitrogens with two attached hydrogens (primary N) is 1. The number of nitrogens with one attached hydrogen (secondary N) is 1. The van der Waals surface area contributed by atoms with Gasteiger partial charge in [-0.15, -0.1) is 0 Å². The van der Waals surface area contributed by atoms with Gasteiger partial charge in [-0.1, -0.05) is 18.5 Å². The average molecular weight is 334 g/mol. The van der Waals surface area contributed by atoms with Gasteiger partial charge in [0.15, 0.2) is 0 Å². The Morgan fingerprint density at radius 3 is 2.62 bits per heavy atom. The molecule has 1 aromatic rings. The lowest BCUT2D eigenvalue weighted by Gasteiger charge is -2.23. The summed E-state index contributed by atoms with van der Waals surface area (Å²) in [6.45, 7) is 6.91. The highest BCUT2D eigenvalue weighted by Crippen LogP contribution is 2.25. The van der Waals surface area contributed by atoms with Gasteiger partial charge in [0.25, 0.3) is 0 Å². The molecule has 0 fully saturated rings. The Morgan fingerprint density at radius 2 is 2.05 bits per heavy atom. The van der Waals surface area contributed by atoms with E-state index in [1.807, 2.05) is 7.05 Å². The quantitative estimate of drug-likeness (QED) is 0.750. The molecule has 5 nitrogen and oxygen atoms in total. The molecule has 120 valence electrons. The average Bonchev–Trinajstić information content (AvgIpc) is 2.41. The maximum absolute atomic E-state index is 12.3. The summed E-state index contributed by atoms with van der Waals surface area (Å²) in [6, 6.07) is 3.39. The predicted octanol–water partition coefficient (Wildman–Crippen LogP) is 2.24. The molecule has 0 saturated heterocycles. The van der Waals surface area contributed by atoms with Gasteiger partial charge in [0.05, 0.1) is 15.6 Å². The molecule has 21 heavy (non-hydrogen) atoms. The van der Waals surface area contributed by atoms with Crippen LogP contribution in [0.5, 0.6) is 0 Å². The lowest BCUT2D eigenvalue weighted by Crippen LogP contribution is -2.37. The Hall–Kier alpha value is -0.820. The van der Waals surface area contributed by atoms with Crippen LogP contribution in [0, 0.1) is 6.92 Å². The SMILES string of the molecule is CCC(C)N(C)CCNS(=O)(=O)c1cc(N)c(Cl)cc1C. The van der Waals surface area contributed by atoms with Crippen LogP contribution in [-0.4, -0.2) is 39.5 Å². The first-order chi connectivity index (χ1) is 9.69. The van der Waals surface area contributed by atoms with Crippen molar-refractivity contribution >= 4 is 27.3 Å². The summed E-state index contributed by atoms with van der Waals surface area (Å²) in [7, 11) is -1.59. The van der Waals surface area contributed by atoms with E-state index >= 15 is 0 Å². The molecular formula is C14H24ClN3O2S. The molecular weight excluding hydrogens is 310 g/mol. The summed E-state index contributed by atoms with van der Waals surface area (Å²) in [4.78, 5) is 2.29. The number of nitrogen functional groups attached to an aromatic ring is 1. The van der Waals surface area contributed by atoms with Crippen molar-refractivity contribution in [2.24, 2.45) is 0 Å². The molecule has 3 N–H and O–H groups in total.